The van der Waals surface area contributed by atoms with E-state index in [1.807, 2.05) is 0 Å². The van der Waals surface area contributed by atoms with Gasteiger partial charge in [-0.3, -0.25) is 4.79 Å². The van der Waals surface area contributed by atoms with Crippen LogP contribution in [0.25, 0.3) is 0 Å². The van der Waals surface area contributed by atoms with Crippen LogP contribution in [0.1, 0.15) is 6.42 Å². The Hall–Kier alpha value is -1.89. The van der Waals surface area contributed by atoms with Crippen LogP contribution in [0.3, 0.4) is 0 Å². The zero-order chi connectivity index (χ0) is 13.5. The molecular formula is C12H12F2N2O3. The van der Waals surface area contributed by atoms with Crippen LogP contribution < -0.4 is 20.1 Å². The van der Waals surface area contributed by atoms with E-state index in [-0.39, 0.29) is 17.4 Å². The van der Waals surface area contributed by atoms with Crippen molar-refractivity contribution in [2.45, 2.75) is 12.7 Å². The Kier molecular flexibility index (Phi) is 2.78. The number of nitrogens with one attached hydrogen (secondary N) is 2. The molecule has 1 saturated heterocycles. The maximum atomic E-state index is 12.8. The molecule has 2 heterocycles. The van der Waals surface area contributed by atoms with Crippen LogP contribution in [0.15, 0.2) is 18.2 Å². The summed E-state index contributed by atoms with van der Waals surface area (Å²) in [7, 11) is 0. The molecule has 0 spiro atoms. The Labute approximate surface area is 107 Å². The Balaban J connectivity index is 1.65. The number of hydrogen-bond donors (Lipinski definition) is 2. The monoisotopic (exact) mass is 270 g/mol. The summed E-state index contributed by atoms with van der Waals surface area (Å²) < 4.78 is 34.2. The van der Waals surface area contributed by atoms with Crippen LogP contribution in [0.4, 0.5) is 14.5 Å². The van der Waals surface area contributed by atoms with Gasteiger partial charge in [0.05, 0.1) is 0 Å². The Morgan fingerprint density at radius 3 is 2.79 bits per heavy atom. The van der Waals surface area contributed by atoms with Gasteiger partial charge in [0.15, 0.2) is 11.5 Å². The van der Waals surface area contributed by atoms with Gasteiger partial charge in [-0.1, -0.05) is 0 Å². The zero-order valence-electron chi connectivity index (χ0n) is 9.91. The normalized spacial score (nSPS) is 19.9. The first-order valence-corrected chi connectivity index (χ1v) is 5.92. The molecule has 2 aliphatic rings. The van der Waals surface area contributed by atoms with Crippen molar-refractivity contribution in [1.29, 1.82) is 0 Å². The maximum absolute atomic E-state index is 12.8. The number of rotatable bonds is 3. The Morgan fingerprint density at radius 2 is 2.11 bits per heavy atom. The number of halogens is 2. The molecule has 19 heavy (non-hydrogen) atoms. The second kappa shape index (κ2) is 4.34. The van der Waals surface area contributed by atoms with Crippen molar-refractivity contribution in [1.82, 2.24) is 5.32 Å². The van der Waals surface area contributed by atoms with Crippen LogP contribution in [-0.4, -0.2) is 25.3 Å². The number of hydrogen-bond acceptors (Lipinski definition) is 4. The van der Waals surface area contributed by atoms with E-state index in [2.05, 4.69) is 20.1 Å². The standard InChI is InChI=1S/C12H12F2N2O3/c13-12(14)18-9-2-1-8(4-10(9)19-12)16-11(17)3-7-5-15-6-7/h1-2,4,7,15H,3,5-6H2,(H,16,17). The minimum Gasteiger partial charge on any atom is -0.395 e. The molecule has 102 valence electrons. The van der Waals surface area contributed by atoms with Gasteiger partial charge in [0.2, 0.25) is 5.91 Å². The molecule has 0 unspecified atom stereocenters. The quantitative estimate of drug-likeness (QED) is 0.875. The van der Waals surface area contributed by atoms with Gasteiger partial charge in [-0.25, -0.2) is 0 Å². The van der Waals surface area contributed by atoms with E-state index in [1.165, 1.54) is 18.2 Å². The number of amides is 1. The van der Waals surface area contributed by atoms with Crippen LogP contribution in [-0.2, 0) is 4.79 Å². The number of benzene rings is 1. The molecule has 0 aliphatic carbocycles. The number of anilines is 1. The summed E-state index contributed by atoms with van der Waals surface area (Å²) in [5.74, 6) is 0.0924. The van der Waals surface area contributed by atoms with Crippen molar-refractivity contribution in [3.05, 3.63) is 18.2 Å². The van der Waals surface area contributed by atoms with Gasteiger partial charge in [-0.15, -0.1) is 8.78 Å². The van der Waals surface area contributed by atoms with Crippen molar-refractivity contribution in [2.24, 2.45) is 5.92 Å². The highest BCUT2D eigenvalue weighted by molar-refractivity contribution is 5.91. The minimum absolute atomic E-state index is 0.0359. The summed E-state index contributed by atoms with van der Waals surface area (Å²) in [4.78, 5) is 11.7. The van der Waals surface area contributed by atoms with E-state index in [0.717, 1.165) is 13.1 Å². The lowest BCUT2D eigenvalue weighted by atomic mass is 9.99. The SMILES string of the molecule is O=C(CC1CNC1)Nc1ccc2c(c1)OC(F)(F)O2. The fourth-order valence-electron chi connectivity index (χ4n) is 1.99. The minimum atomic E-state index is -3.64. The van der Waals surface area contributed by atoms with Gasteiger partial charge in [-0.05, 0) is 31.1 Å². The predicted molar refractivity (Wildman–Crippen MR) is 62.3 cm³/mol. The first-order chi connectivity index (χ1) is 9.02. The number of alkyl halides is 2. The first-order valence-electron chi connectivity index (χ1n) is 5.92. The summed E-state index contributed by atoms with van der Waals surface area (Å²) in [6.07, 6.45) is -3.22. The summed E-state index contributed by atoms with van der Waals surface area (Å²) in [5.41, 5.74) is 0.414. The largest absolute Gasteiger partial charge is 0.586 e. The molecule has 1 aromatic carbocycles. The maximum Gasteiger partial charge on any atom is 0.586 e. The Bertz CT molecular complexity index is 518. The summed E-state index contributed by atoms with van der Waals surface area (Å²) >= 11 is 0. The third-order valence-corrected chi connectivity index (χ3v) is 3.03. The van der Waals surface area contributed by atoms with E-state index in [9.17, 15) is 13.6 Å². The van der Waals surface area contributed by atoms with Crippen molar-refractivity contribution >= 4 is 11.6 Å². The van der Waals surface area contributed by atoms with Gasteiger partial charge >= 0.3 is 6.29 Å². The lowest BCUT2D eigenvalue weighted by molar-refractivity contribution is -0.286. The molecule has 0 bridgehead atoms. The third-order valence-electron chi connectivity index (χ3n) is 3.03. The second-order valence-electron chi connectivity index (χ2n) is 4.61. The molecule has 7 heteroatoms. The van der Waals surface area contributed by atoms with Gasteiger partial charge in [0, 0.05) is 18.2 Å². The van der Waals surface area contributed by atoms with Crippen molar-refractivity contribution in [2.75, 3.05) is 18.4 Å². The van der Waals surface area contributed by atoms with Crippen LogP contribution in [0, 0.1) is 5.92 Å². The zero-order valence-corrected chi connectivity index (χ0v) is 9.91. The molecular weight excluding hydrogens is 258 g/mol. The first kappa shape index (κ1) is 12.2. The summed E-state index contributed by atoms with van der Waals surface area (Å²) in [5, 5.41) is 5.72. The number of carbonyl (C=O) groups is 1. The number of carbonyl (C=O) groups excluding carboxylic acids is 1. The lowest BCUT2D eigenvalue weighted by Gasteiger charge is -2.26. The van der Waals surface area contributed by atoms with Crippen molar-refractivity contribution in [3.8, 4) is 11.5 Å². The lowest BCUT2D eigenvalue weighted by Crippen LogP contribution is -2.43. The molecule has 0 aromatic heterocycles. The molecule has 0 radical (unpaired) electrons. The van der Waals surface area contributed by atoms with E-state index >= 15 is 0 Å². The van der Waals surface area contributed by atoms with E-state index in [4.69, 9.17) is 0 Å². The molecule has 0 saturated carbocycles. The number of fused-ring (bicyclic) bond motifs is 1. The molecule has 1 aromatic rings. The smallest absolute Gasteiger partial charge is 0.395 e. The topological polar surface area (TPSA) is 59.6 Å². The van der Waals surface area contributed by atoms with E-state index in [1.54, 1.807) is 0 Å². The summed E-state index contributed by atoms with van der Waals surface area (Å²) in [6, 6.07) is 4.17. The summed E-state index contributed by atoms with van der Waals surface area (Å²) in [6.45, 7) is 1.67. The highest BCUT2D eigenvalue weighted by atomic mass is 19.3. The van der Waals surface area contributed by atoms with Crippen molar-refractivity contribution in [3.63, 3.8) is 0 Å². The molecule has 0 atom stereocenters. The molecule has 2 aliphatic heterocycles. The highest BCUT2D eigenvalue weighted by Gasteiger charge is 2.43. The molecule has 1 fully saturated rings. The second-order valence-corrected chi connectivity index (χ2v) is 4.61. The van der Waals surface area contributed by atoms with Crippen LogP contribution >= 0.6 is 0 Å². The molecule has 2 N–H and O–H groups in total. The van der Waals surface area contributed by atoms with Gasteiger partial charge in [0.1, 0.15) is 0 Å². The fourth-order valence-corrected chi connectivity index (χ4v) is 1.99. The average molecular weight is 270 g/mol. The van der Waals surface area contributed by atoms with Crippen LogP contribution in [0.5, 0.6) is 11.5 Å². The van der Waals surface area contributed by atoms with E-state index in [0.29, 0.717) is 18.0 Å². The van der Waals surface area contributed by atoms with Gasteiger partial charge in [0.25, 0.3) is 0 Å². The average Bonchev–Trinajstić information content (AvgIpc) is 2.57. The fraction of sp³-hybridized carbons (Fsp3) is 0.417. The van der Waals surface area contributed by atoms with Crippen molar-refractivity contribution < 1.29 is 23.0 Å². The van der Waals surface area contributed by atoms with Gasteiger partial charge < -0.3 is 20.1 Å². The predicted octanol–water partition coefficient (Wildman–Crippen LogP) is 1.56. The van der Waals surface area contributed by atoms with E-state index < -0.39 is 6.29 Å². The number of ether oxygens (including phenoxy) is 2. The molecule has 1 amide bonds. The molecule has 3 rings (SSSR count). The third kappa shape index (κ3) is 2.60. The highest BCUT2D eigenvalue weighted by Crippen LogP contribution is 2.42. The Morgan fingerprint density at radius 1 is 1.37 bits per heavy atom. The molecule has 5 nitrogen and oxygen atoms in total. The van der Waals surface area contributed by atoms with Gasteiger partial charge in [-0.2, -0.15) is 0 Å². The van der Waals surface area contributed by atoms with Crippen LogP contribution in [0.2, 0.25) is 0 Å².